The minimum absolute atomic E-state index is 0.0813. The van der Waals surface area contributed by atoms with Crippen molar-refractivity contribution in [3.8, 4) is 17.2 Å². The number of carbonyl (C=O) groups is 2. The highest BCUT2D eigenvalue weighted by molar-refractivity contribution is 5.95. The lowest BCUT2D eigenvalue weighted by atomic mass is 10.1. The molecule has 2 aromatic rings. The van der Waals surface area contributed by atoms with Gasteiger partial charge in [-0.1, -0.05) is 37.4 Å². The molecule has 0 unspecified atom stereocenters. The molecule has 0 saturated heterocycles. The molecule has 2 aromatic carbocycles. The molecule has 0 amide bonds. The van der Waals surface area contributed by atoms with Crippen LogP contribution in [-0.2, 0) is 19.1 Å². The minimum Gasteiger partial charge on any atom is -0.490 e. The van der Waals surface area contributed by atoms with Crippen LogP contribution in [0, 0.1) is 0 Å². The summed E-state index contributed by atoms with van der Waals surface area (Å²) in [4.78, 5) is 23.0. The number of hydrogen-bond donors (Lipinski definition) is 0. The van der Waals surface area contributed by atoms with Gasteiger partial charge in [0.1, 0.15) is 32.2 Å². The molecule has 0 fully saturated rings. The lowest BCUT2D eigenvalue weighted by Gasteiger charge is -2.18. The molecule has 0 aliphatic carbocycles. The monoisotopic (exact) mass is 428 g/mol. The average molecular weight is 428 g/mol. The molecule has 0 heterocycles. The first-order valence-electron chi connectivity index (χ1n) is 9.94. The van der Waals surface area contributed by atoms with Crippen LogP contribution in [0.5, 0.6) is 17.2 Å². The molecule has 31 heavy (non-hydrogen) atoms. The van der Waals surface area contributed by atoms with Crippen LogP contribution >= 0.6 is 0 Å². The summed E-state index contributed by atoms with van der Waals surface area (Å²) >= 11 is 0. The van der Waals surface area contributed by atoms with E-state index in [-0.39, 0.29) is 26.4 Å². The Morgan fingerprint density at radius 2 is 1.32 bits per heavy atom. The van der Waals surface area contributed by atoms with E-state index in [9.17, 15) is 9.59 Å². The molecule has 7 heteroatoms. The van der Waals surface area contributed by atoms with Crippen molar-refractivity contribution < 1.29 is 33.3 Å². The topological polar surface area (TPSA) is 80.3 Å². The third kappa shape index (κ3) is 6.77. The second-order valence-corrected chi connectivity index (χ2v) is 6.71. The number of fused-ring (bicyclic) bond motifs is 1. The van der Waals surface area contributed by atoms with E-state index in [1.165, 1.54) is 0 Å². The fourth-order valence-electron chi connectivity index (χ4n) is 2.63. The van der Waals surface area contributed by atoms with E-state index < -0.39 is 11.9 Å². The number of hydrogen-bond acceptors (Lipinski definition) is 7. The van der Waals surface area contributed by atoms with Crippen LogP contribution in [0.15, 0.2) is 54.6 Å². The highest BCUT2D eigenvalue weighted by Crippen LogP contribution is 2.41. The van der Waals surface area contributed by atoms with Crippen molar-refractivity contribution in [1.29, 1.82) is 0 Å². The fourth-order valence-corrected chi connectivity index (χ4v) is 2.63. The Morgan fingerprint density at radius 3 is 1.87 bits per heavy atom. The Balaban J connectivity index is 2.18. The van der Waals surface area contributed by atoms with E-state index in [0.29, 0.717) is 35.0 Å². The summed E-state index contributed by atoms with van der Waals surface area (Å²) in [5.74, 6) is 0.687. The molecule has 0 atom stereocenters. The Hall–Kier alpha value is -3.48. The Morgan fingerprint density at radius 1 is 0.774 bits per heavy atom. The standard InChI is InChI=1S/C24H28O7/c1-6-27-21-15-20(28-11-13-30-23(25)16(2)3)18-9-7-8-10-19(18)22(21)29-12-14-31-24(26)17(4)5/h7-10,15H,2,4,6,11-14H2,1,3,5H3. The van der Waals surface area contributed by atoms with Crippen LogP contribution < -0.4 is 14.2 Å². The van der Waals surface area contributed by atoms with E-state index in [4.69, 9.17) is 23.7 Å². The van der Waals surface area contributed by atoms with Gasteiger partial charge in [0, 0.05) is 28.0 Å². The second-order valence-electron chi connectivity index (χ2n) is 6.71. The predicted molar refractivity (Wildman–Crippen MR) is 118 cm³/mol. The van der Waals surface area contributed by atoms with Gasteiger partial charge in [-0.3, -0.25) is 0 Å². The van der Waals surface area contributed by atoms with E-state index in [1.807, 2.05) is 31.2 Å². The third-order valence-corrected chi connectivity index (χ3v) is 4.06. The minimum atomic E-state index is -0.463. The van der Waals surface area contributed by atoms with Gasteiger partial charge in [0.2, 0.25) is 0 Å². The van der Waals surface area contributed by atoms with Crippen LogP contribution in [0.3, 0.4) is 0 Å². The second kappa shape index (κ2) is 11.6. The average Bonchev–Trinajstić information content (AvgIpc) is 2.75. The number of carbonyl (C=O) groups excluding carboxylic acids is 2. The molecule has 7 nitrogen and oxygen atoms in total. The van der Waals surface area contributed by atoms with Crippen molar-refractivity contribution >= 4 is 22.7 Å². The van der Waals surface area contributed by atoms with Crippen LogP contribution in [0.25, 0.3) is 10.8 Å². The summed E-state index contributed by atoms with van der Waals surface area (Å²) in [7, 11) is 0. The normalized spacial score (nSPS) is 10.3. The molecule has 0 N–H and O–H groups in total. The van der Waals surface area contributed by atoms with Gasteiger partial charge in [0.15, 0.2) is 11.5 Å². The Bertz CT molecular complexity index is 962. The van der Waals surface area contributed by atoms with Gasteiger partial charge in [-0.2, -0.15) is 0 Å². The van der Waals surface area contributed by atoms with Gasteiger partial charge in [0.05, 0.1) is 6.61 Å². The first-order valence-corrected chi connectivity index (χ1v) is 9.94. The van der Waals surface area contributed by atoms with Crippen LogP contribution in [0.2, 0.25) is 0 Å². The Labute approximate surface area is 182 Å². The van der Waals surface area contributed by atoms with Gasteiger partial charge in [-0.05, 0) is 20.8 Å². The molecule has 0 aliphatic rings. The maximum Gasteiger partial charge on any atom is 0.333 e. The van der Waals surface area contributed by atoms with Crippen molar-refractivity contribution in [3.05, 3.63) is 54.6 Å². The van der Waals surface area contributed by atoms with Crippen molar-refractivity contribution in [2.75, 3.05) is 33.0 Å². The van der Waals surface area contributed by atoms with E-state index in [2.05, 4.69) is 13.2 Å². The quantitative estimate of drug-likeness (QED) is 0.284. The number of ether oxygens (including phenoxy) is 5. The van der Waals surface area contributed by atoms with Gasteiger partial charge in [0.25, 0.3) is 0 Å². The van der Waals surface area contributed by atoms with Gasteiger partial charge in [-0.15, -0.1) is 0 Å². The molecular formula is C24H28O7. The molecule has 0 aliphatic heterocycles. The first-order chi connectivity index (χ1) is 14.8. The van der Waals surface area contributed by atoms with Gasteiger partial charge in [-0.25, -0.2) is 9.59 Å². The van der Waals surface area contributed by atoms with Crippen molar-refractivity contribution in [3.63, 3.8) is 0 Å². The summed E-state index contributed by atoms with van der Waals surface area (Å²) in [6.07, 6.45) is 0. The Kier molecular flexibility index (Phi) is 8.94. The lowest BCUT2D eigenvalue weighted by molar-refractivity contribution is -0.140. The molecule has 0 aromatic heterocycles. The highest BCUT2D eigenvalue weighted by Gasteiger charge is 2.16. The van der Waals surface area contributed by atoms with Crippen molar-refractivity contribution in [2.24, 2.45) is 0 Å². The predicted octanol–water partition coefficient (Wildman–Crippen LogP) is 4.23. The maximum absolute atomic E-state index is 11.5. The van der Waals surface area contributed by atoms with Gasteiger partial charge < -0.3 is 23.7 Å². The van der Waals surface area contributed by atoms with Crippen LogP contribution in [0.4, 0.5) is 0 Å². The number of esters is 2. The molecule has 0 spiro atoms. The zero-order valence-corrected chi connectivity index (χ0v) is 18.2. The maximum atomic E-state index is 11.5. The summed E-state index contributed by atoms with van der Waals surface area (Å²) < 4.78 is 27.7. The van der Waals surface area contributed by atoms with E-state index in [0.717, 1.165) is 10.8 Å². The molecule has 2 rings (SSSR count). The smallest absolute Gasteiger partial charge is 0.333 e. The summed E-state index contributed by atoms with van der Waals surface area (Å²) in [6.45, 7) is 13.1. The van der Waals surface area contributed by atoms with Crippen LogP contribution in [0.1, 0.15) is 20.8 Å². The lowest BCUT2D eigenvalue weighted by Crippen LogP contribution is -2.14. The summed E-state index contributed by atoms with van der Waals surface area (Å²) in [6, 6.07) is 9.29. The third-order valence-electron chi connectivity index (χ3n) is 4.06. The summed E-state index contributed by atoms with van der Waals surface area (Å²) in [5, 5.41) is 1.60. The van der Waals surface area contributed by atoms with Crippen molar-refractivity contribution in [1.82, 2.24) is 0 Å². The summed E-state index contributed by atoms with van der Waals surface area (Å²) in [5.41, 5.74) is 0.662. The number of rotatable bonds is 12. The largest absolute Gasteiger partial charge is 0.490 e. The van der Waals surface area contributed by atoms with E-state index in [1.54, 1.807) is 19.9 Å². The molecule has 0 saturated carbocycles. The zero-order chi connectivity index (χ0) is 22.8. The van der Waals surface area contributed by atoms with Crippen molar-refractivity contribution in [2.45, 2.75) is 20.8 Å². The zero-order valence-electron chi connectivity index (χ0n) is 18.2. The molecule has 0 radical (unpaired) electrons. The molecule has 166 valence electrons. The van der Waals surface area contributed by atoms with Gasteiger partial charge >= 0.3 is 11.9 Å². The fraction of sp³-hybridized carbons (Fsp3) is 0.333. The molecular weight excluding hydrogens is 400 g/mol. The highest BCUT2D eigenvalue weighted by atomic mass is 16.6. The van der Waals surface area contributed by atoms with E-state index >= 15 is 0 Å². The SMILES string of the molecule is C=C(C)C(=O)OCCOc1cc(OCC)c(OCCOC(=O)C(=C)C)c2ccccc12. The van der Waals surface area contributed by atoms with Crippen LogP contribution in [-0.4, -0.2) is 45.0 Å². The number of benzene rings is 2. The molecule has 0 bridgehead atoms. The first kappa shape index (κ1) is 23.8.